The Morgan fingerprint density at radius 2 is 1.63 bits per heavy atom. The molecule has 2 aromatic rings. The number of aryl methyl sites for hydroxylation is 2. The number of piperazine rings is 1. The summed E-state index contributed by atoms with van der Waals surface area (Å²) in [4.78, 5) is 2.60. The third kappa shape index (κ3) is 4.39. The maximum Gasteiger partial charge on any atom is 0.243 e. The molecule has 1 saturated heterocycles. The minimum atomic E-state index is -3.44. The molecule has 1 aliphatic heterocycles. The Morgan fingerprint density at radius 3 is 2.27 bits per heavy atom. The maximum atomic E-state index is 12.9. The van der Waals surface area contributed by atoms with E-state index in [2.05, 4.69) is 9.47 Å². The first-order valence-corrected chi connectivity index (χ1v) is 12.7. The summed E-state index contributed by atoms with van der Waals surface area (Å²) >= 11 is 5.75. The standard InChI is InChI=1S/C21H31N5O2S2/c1-17-8-10-20(11-9-17)30(27,28)24-14-12-23(13-15-24)16-25-21(29)26(18(2)22-25)19-6-4-3-5-7-19/h8-11,19H,3-7,12-16H2,1-2H3. The van der Waals surface area contributed by atoms with Gasteiger partial charge >= 0.3 is 0 Å². The van der Waals surface area contributed by atoms with Gasteiger partial charge in [-0.3, -0.25) is 4.90 Å². The monoisotopic (exact) mass is 449 g/mol. The SMILES string of the molecule is Cc1ccc(S(=O)(=O)N2CCN(Cn3nc(C)n(C4CCCCC4)c3=S)CC2)cc1. The summed E-state index contributed by atoms with van der Waals surface area (Å²) in [7, 11) is -3.44. The predicted octanol–water partition coefficient (Wildman–Crippen LogP) is 3.50. The van der Waals surface area contributed by atoms with Gasteiger partial charge in [-0.1, -0.05) is 37.0 Å². The number of benzene rings is 1. The van der Waals surface area contributed by atoms with Crippen molar-refractivity contribution in [2.75, 3.05) is 26.2 Å². The van der Waals surface area contributed by atoms with Crippen LogP contribution in [0.2, 0.25) is 0 Å². The molecule has 0 bridgehead atoms. The van der Waals surface area contributed by atoms with Gasteiger partial charge in [0, 0.05) is 32.2 Å². The lowest BCUT2D eigenvalue weighted by Crippen LogP contribution is -2.48. The van der Waals surface area contributed by atoms with Gasteiger partial charge in [-0.25, -0.2) is 13.1 Å². The van der Waals surface area contributed by atoms with Crippen LogP contribution in [0.4, 0.5) is 0 Å². The third-order valence-corrected chi connectivity index (χ3v) is 8.63. The lowest BCUT2D eigenvalue weighted by atomic mass is 9.95. The molecule has 2 fully saturated rings. The molecule has 30 heavy (non-hydrogen) atoms. The van der Waals surface area contributed by atoms with Gasteiger partial charge in [-0.2, -0.15) is 9.40 Å². The van der Waals surface area contributed by atoms with E-state index in [1.807, 2.05) is 30.7 Å². The van der Waals surface area contributed by atoms with Crippen LogP contribution in [0.15, 0.2) is 29.2 Å². The smallest absolute Gasteiger partial charge is 0.243 e. The van der Waals surface area contributed by atoms with Gasteiger partial charge in [0.1, 0.15) is 5.82 Å². The number of rotatable bonds is 5. The Morgan fingerprint density at radius 1 is 1.00 bits per heavy atom. The molecule has 9 heteroatoms. The van der Waals surface area contributed by atoms with Gasteiger partial charge in [-0.05, 0) is 51.0 Å². The van der Waals surface area contributed by atoms with Crippen LogP contribution in [0.5, 0.6) is 0 Å². The Kier molecular flexibility index (Phi) is 6.43. The highest BCUT2D eigenvalue weighted by molar-refractivity contribution is 7.89. The fourth-order valence-electron chi connectivity index (χ4n) is 4.54. The fourth-order valence-corrected chi connectivity index (χ4v) is 6.34. The maximum absolute atomic E-state index is 12.9. The van der Waals surface area contributed by atoms with E-state index in [0.29, 0.717) is 43.8 Å². The molecule has 0 radical (unpaired) electrons. The number of aromatic nitrogens is 3. The molecule has 0 atom stereocenters. The van der Waals surface area contributed by atoms with Crippen LogP contribution in [-0.2, 0) is 16.7 Å². The van der Waals surface area contributed by atoms with Crippen molar-refractivity contribution in [2.45, 2.75) is 63.6 Å². The molecule has 1 saturated carbocycles. The molecule has 0 spiro atoms. The third-order valence-electron chi connectivity index (χ3n) is 6.30. The summed E-state index contributed by atoms with van der Waals surface area (Å²) in [5, 5.41) is 4.71. The van der Waals surface area contributed by atoms with Crippen molar-refractivity contribution >= 4 is 22.2 Å². The summed E-state index contributed by atoms with van der Waals surface area (Å²) in [5.41, 5.74) is 1.05. The first kappa shape index (κ1) is 21.7. The lowest BCUT2D eigenvalue weighted by molar-refractivity contribution is 0.144. The second-order valence-electron chi connectivity index (χ2n) is 8.47. The van der Waals surface area contributed by atoms with E-state index in [-0.39, 0.29) is 0 Å². The molecule has 1 aliphatic carbocycles. The topological polar surface area (TPSA) is 63.4 Å². The van der Waals surface area contributed by atoms with Crippen molar-refractivity contribution in [2.24, 2.45) is 0 Å². The number of hydrogen-bond donors (Lipinski definition) is 0. The highest BCUT2D eigenvalue weighted by atomic mass is 32.2. The first-order valence-electron chi connectivity index (χ1n) is 10.8. The van der Waals surface area contributed by atoms with Gasteiger partial charge < -0.3 is 4.57 Å². The van der Waals surface area contributed by atoms with Gasteiger partial charge in [0.25, 0.3) is 0 Å². The van der Waals surface area contributed by atoms with Crippen LogP contribution in [0.3, 0.4) is 0 Å². The largest absolute Gasteiger partial charge is 0.301 e. The lowest BCUT2D eigenvalue weighted by Gasteiger charge is -2.33. The number of nitrogens with zero attached hydrogens (tertiary/aromatic N) is 5. The highest BCUT2D eigenvalue weighted by Crippen LogP contribution is 2.29. The molecular weight excluding hydrogens is 418 g/mol. The zero-order valence-corrected chi connectivity index (χ0v) is 19.5. The van der Waals surface area contributed by atoms with E-state index in [1.54, 1.807) is 16.4 Å². The van der Waals surface area contributed by atoms with Crippen LogP contribution in [0, 0.1) is 18.6 Å². The van der Waals surface area contributed by atoms with E-state index in [9.17, 15) is 8.42 Å². The van der Waals surface area contributed by atoms with Crippen molar-refractivity contribution in [3.63, 3.8) is 0 Å². The minimum Gasteiger partial charge on any atom is -0.301 e. The van der Waals surface area contributed by atoms with Crippen molar-refractivity contribution in [1.29, 1.82) is 0 Å². The van der Waals surface area contributed by atoms with Gasteiger partial charge in [0.2, 0.25) is 10.0 Å². The molecule has 4 rings (SSSR count). The molecule has 2 heterocycles. The quantitative estimate of drug-likeness (QED) is 0.654. The van der Waals surface area contributed by atoms with E-state index in [1.165, 1.54) is 32.1 Å². The second-order valence-corrected chi connectivity index (χ2v) is 10.8. The summed E-state index contributed by atoms with van der Waals surface area (Å²) in [6, 6.07) is 7.54. The average Bonchev–Trinajstić information content (AvgIpc) is 3.02. The number of sulfonamides is 1. The van der Waals surface area contributed by atoms with Gasteiger partial charge in [0.05, 0.1) is 11.6 Å². The minimum absolute atomic E-state index is 0.366. The Bertz CT molecular complexity index is 1030. The summed E-state index contributed by atoms with van der Waals surface area (Å²) in [5.74, 6) is 0.979. The van der Waals surface area contributed by atoms with Crippen molar-refractivity contribution in [1.82, 2.24) is 23.6 Å². The van der Waals surface area contributed by atoms with Gasteiger partial charge in [-0.15, -0.1) is 0 Å². The van der Waals surface area contributed by atoms with E-state index in [4.69, 9.17) is 17.3 Å². The van der Waals surface area contributed by atoms with E-state index < -0.39 is 10.0 Å². The van der Waals surface area contributed by atoms with Crippen molar-refractivity contribution in [3.8, 4) is 0 Å². The Hall–Kier alpha value is -1.55. The first-order chi connectivity index (χ1) is 14.4. The Labute approximate surface area is 184 Å². The van der Waals surface area contributed by atoms with Crippen molar-refractivity contribution in [3.05, 3.63) is 40.4 Å². The molecule has 164 valence electrons. The Balaban J connectivity index is 1.40. The van der Waals surface area contributed by atoms with Crippen LogP contribution in [0.1, 0.15) is 49.5 Å². The zero-order chi connectivity index (χ0) is 21.3. The molecule has 7 nitrogen and oxygen atoms in total. The molecule has 0 amide bonds. The average molecular weight is 450 g/mol. The predicted molar refractivity (Wildman–Crippen MR) is 119 cm³/mol. The molecule has 0 unspecified atom stereocenters. The molecule has 1 aromatic heterocycles. The van der Waals surface area contributed by atoms with Gasteiger partial charge in [0.15, 0.2) is 4.77 Å². The zero-order valence-electron chi connectivity index (χ0n) is 17.8. The van der Waals surface area contributed by atoms with E-state index >= 15 is 0 Å². The molecule has 2 aliphatic rings. The normalized spacial score (nSPS) is 19.9. The van der Waals surface area contributed by atoms with Crippen molar-refractivity contribution < 1.29 is 8.42 Å². The highest BCUT2D eigenvalue weighted by Gasteiger charge is 2.29. The van der Waals surface area contributed by atoms with Crippen LogP contribution >= 0.6 is 12.2 Å². The van der Waals surface area contributed by atoms with E-state index in [0.717, 1.165) is 16.2 Å². The summed E-state index contributed by atoms with van der Waals surface area (Å²) in [6.45, 7) is 6.89. The van der Waals surface area contributed by atoms with Crippen LogP contribution in [0.25, 0.3) is 0 Å². The molecule has 0 N–H and O–H groups in total. The number of hydrogen-bond acceptors (Lipinski definition) is 5. The molecule has 1 aromatic carbocycles. The summed E-state index contributed by atoms with van der Waals surface area (Å²) < 4.78 is 32.3. The summed E-state index contributed by atoms with van der Waals surface area (Å²) in [6.07, 6.45) is 6.18. The van der Waals surface area contributed by atoms with Crippen LogP contribution < -0.4 is 0 Å². The molecular formula is C21H31N5O2S2. The fraction of sp³-hybridized carbons (Fsp3) is 0.619. The van der Waals surface area contributed by atoms with Crippen LogP contribution in [-0.4, -0.2) is 58.1 Å². The second kappa shape index (κ2) is 8.90.